The Morgan fingerprint density at radius 1 is 1.00 bits per heavy atom. The number of piperazine rings is 1. The molecule has 0 atom stereocenters. The van der Waals surface area contributed by atoms with Gasteiger partial charge < -0.3 is 24.2 Å². The Bertz CT molecular complexity index is 937. The highest BCUT2D eigenvalue weighted by Crippen LogP contribution is 2.32. The van der Waals surface area contributed by atoms with Crippen molar-refractivity contribution in [3.05, 3.63) is 53.8 Å². The summed E-state index contributed by atoms with van der Waals surface area (Å²) in [6, 6.07) is 13.0. The number of hydrogen-bond donors (Lipinski definition) is 1. The zero-order valence-electron chi connectivity index (χ0n) is 17.7. The van der Waals surface area contributed by atoms with Crippen molar-refractivity contribution in [3.63, 3.8) is 0 Å². The van der Waals surface area contributed by atoms with Crippen molar-refractivity contribution in [2.45, 2.75) is 19.4 Å². The number of quaternary nitrogens is 1. The zero-order valence-corrected chi connectivity index (χ0v) is 17.7. The second-order valence-electron chi connectivity index (χ2n) is 8.65. The molecule has 3 heterocycles. The number of halogens is 1. The van der Waals surface area contributed by atoms with E-state index in [9.17, 15) is 9.18 Å². The number of anilines is 1. The number of piperidine rings is 1. The first kappa shape index (κ1) is 20.1. The molecule has 0 radical (unpaired) electrons. The highest BCUT2D eigenvalue weighted by molar-refractivity contribution is 5.79. The SMILES string of the molecule is O=C(C1CC[NH+](Cc2ccc3c(c2)OCO3)CC1)N1CCN(c2ccccc2F)CC1. The maximum Gasteiger partial charge on any atom is 0.231 e. The molecule has 2 saturated heterocycles. The number of likely N-dealkylation sites (tertiary alicyclic amines) is 1. The van der Waals surface area contributed by atoms with Gasteiger partial charge in [0.25, 0.3) is 0 Å². The van der Waals surface area contributed by atoms with Gasteiger partial charge in [-0.15, -0.1) is 0 Å². The number of hydrogen-bond acceptors (Lipinski definition) is 4. The summed E-state index contributed by atoms with van der Waals surface area (Å²) in [7, 11) is 0. The van der Waals surface area contributed by atoms with Crippen LogP contribution in [-0.2, 0) is 11.3 Å². The first-order valence-electron chi connectivity index (χ1n) is 11.2. The third kappa shape index (κ3) is 4.32. The minimum Gasteiger partial charge on any atom is -0.454 e. The average Bonchev–Trinajstić information content (AvgIpc) is 3.28. The molecule has 1 N–H and O–H groups in total. The molecular formula is C24H29FN3O3+. The number of carbonyl (C=O) groups is 1. The Kier molecular flexibility index (Phi) is 5.68. The number of para-hydroxylation sites is 1. The van der Waals surface area contributed by atoms with Crippen molar-refractivity contribution >= 4 is 11.6 Å². The first-order chi connectivity index (χ1) is 15.2. The molecule has 0 spiro atoms. The summed E-state index contributed by atoms with van der Waals surface area (Å²) < 4.78 is 24.9. The van der Waals surface area contributed by atoms with Crippen molar-refractivity contribution in [3.8, 4) is 11.5 Å². The Morgan fingerprint density at radius 2 is 1.74 bits per heavy atom. The third-order valence-electron chi connectivity index (χ3n) is 6.72. The van der Waals surface area contributed by atoms with Gasteiger partial charge in [0.05, 0.1) is 18.8 Å². The van der Waals surface area contributed by atoms with Crippen LogP contribution in [0.15, 0.2) is 42.5 Å². The van der Waals surface area contributed by atoms with Gasteiger partial charge in [-0.25, -0.2) is 4.39 Å². The predicted molar refractivity (Wildman–Crippen MR) is 115 cm³/mol. The predicted octanol–water partition coefficient (Wildman–Crippen LogP) is 1.70. The van der Waals surface area contributed by atoms with E-state index < -0.39 is 0 Å². The molecule has 2 aromatic rings. The number of benzene rings is 2. The summed E-state index contributed by atoms with van der Waals surface area (Å²) >= 11 is 0. The molecule has 3 aliphatic rings. The lowest BCUT2D eigenvalue weighted by Crippen LogP contribution is -3.11. The molecule has 5 rings (SSSR count). The first-order valence-corrected chi connectivity index (χ1v) is 11.2. The second kappa shape index (κ2) is 8.75. The smallest absolute Gasteiger partial charge is 0.231 e. The van der Waals surface area contributed by atoms with Gasteiger partial charge in [0, 0.05) is 50.5 Å². The van der Waals surface area contributed by atoms with Crippen LogP contribution in [0.5, 0.6) is 11.5 Å². The third-order valence-corrected chi connectivity index (χ3v) is 6.72. The van der Waals surface area contributed by atoms with Crippen molar-refractivity contribution < 1.29 is 23.6 Å². The number of amides is 1. The van der Waals surface area contributed by atoms with Crippen LogP contribution in [0.25, 0.3) is 0 Å². The number of fused-ring (bicyclic) bond motifs is 1. The van der Waals surface area contributed by atoms with E-state index in [1.807, 2.05) is 28.0 Å². The summed E-state index contributed by atoms with van der Waals surface area (Å²) in [5, 5.41) is 0. The number of carbonyl (C=O) groups excluding carboxylic acids is 1. The largest absolute Gasteiger partial charge is 0.454 e. The van der Waals surface area contributed by atoms with Crippen molar-refractivity contribution in [2.75, 3.05) is 51.0 Å². The van der Waals surface area contributed by atoms with E-state index in [2.05, 4.69) is 12.1 Å². The minimum atomic E-state index is -0.194. The normalized spacial score (nSPS) is 23.1. The summed E-state index contributed by atoms with van der Waals surface area (Å²) in [5.41, 5.74) is 1.88. The van der Waals surface area contributed by atoms with Crippen molar-refractivity contribution in [1.29, 1.82) is 0 Å². The summed E-state index contributed by atoms with van der Waals surface area (Å²) in [4.78, 5) is 18.6. The highest BCUT2D eigenvalue weighted by Gasteiger charge is 2.32. The lowest BCUT2D eigenvalue weighted by molar-refractivity contribution is -0.919. The monoisotopic (exact) mass is 426 g/mol. The maximum absolute atomic E-state index is 14.0. The van der Waals surface area contributed by atoms with Crippen LogP contribution in [0.1, 0.15) is 18.4 Å². The molecule has 0 aliphatic carbocycles. The van der Waals surface area contributed by atoms with E-state index in [1.54, 1.807) is 6.07 Å². The van der Waals surface area contributed by atoms with Gasteiger partial charge >= 0.3 is 0 Å². The van der Waals surface area contributed by atoms with Crippen LogP contribution in [0, 0.1) is 11.7 Å². The number of rotatable bonds is 4. The van der Waals surface area contributed by atoms with E-state index in [1.165, 1.54) is 16.5 Å². The van der Waals surface area contributed by atoms with E-state index in [4.69, 9.17) is 9.47 Å². The standard InChI is InChI=1S/C24H28FN3O3/c25-20-3-1-2-4-21(20)27-11-13-28(14-12-27)24(29)19-7-9-26(10-8-19)16-18-5-6-22-23(15-18)31-17-30-22/h1-6,15,19H,7-14,16-17H2/p+1. The topological polar surface area (TPSA) is 46.5 Å². The van der Waals surface area contributed by atoms with Crippen molar-refractivity contribution in [1.82, 2.24) is 4.90 Å². The lowest BCUT2D eigenvalue weighted by atomic mass is 9.94. The molecule has 6 nitrogen and oxygen atoms in total. The van der Waals surface area contributed by atoms with Crippen LogP contribution in [0.4, 0.5) is 10.1 Å². The second-order valence-corrected chi connectivity index (χ2v) is 8.65. The lowest BCUT2D eigenvalue weighted by Gasteiger charge is -2.38. The molecule has 7 heteroatoms. The van der Waals surface area contributed by atoms with Crippen LogP contribution in [0.3, 0.4) is 0 Å². The number of nitrogens with zero attached hydrogens (tertiary/aromatic N) is 2. The fraction of sp³-hybridized carbons (Fsp3) is 0.458. The number of ether oxygens (including phenoxy) is 2. The molecule has 2 aromatic carbocycles. The fourth-order valence-electron chi connectivity index (χ4n) is 4.92. The van der Waals surface area contributed by atoms with Gasteiger partial charge in [0.1, 0.15) is 12.4 Å². The summed E-state index contributed by atoms with van der Waals surface area (Å²) in [5.74, 6) is 1.84. The molecule has 164 valence electrons. The van der Waals surface area contributed by atoms with Gasteiger partial charge in [-0.3, -0.25) is 4.79 Å². The van der Waals surface area contributed by atoms with E-state index in [0.717, 1.165) is 44.0 Å². The minimum absolute atomic E-state index is 0.112. The molecule has 0 bridgehead atoms. The van der Waals surface area contributed by atoms with Crippen LogP contribution in [0.2, 0.25) is 0 Å². The quantitative estimate of drug-likeness (QED) is 0.809. The maximum atomic E-state index is 14.0. The van der Waals surface area contributed by atoms with Gasteiger partial charge in [-0.2, -0.15) is 0 Å². The van der Waals surface area contributed by atoms with E-state index >= 15 is 0 Å². The van der Waals surface area contributed by atoms with Crippen LogP contribution >= 0.6 is 0 Å². The molecular weight excluding hydrogens is 397 g/mol. The molecule has 0 unspecified atom stereocenters. The van der Waals surface area contributed by atoms with Crippen LogP contribution < -0.4 is 19.3 Å². The zero-order chi connectivity index (χ0) is 21.2. The highest BCUT2D eigenvalue weighted by atomic mass is 19.1. The van der Waals surface area contributed by atoms with E-state index in [-0.39, 0.29) is 17.6 Å². The van der Waals surface area contributed by atoms with Crippen molar-refractivity contribution in [2.24, 2.45) is 5.92 Å². The molecule has 1 amide bonds. The Labute approximate surface area is 182 Å². The fourth-order valence-corrected chi connectivity index (χ4v) is 4.92. The van der Waals surface area contributed by atoms with Gasteiger partial charge in [-0.05, 0) is 30.3 Å². The van der Waals surface area contributed by atoms with Gasteiger partial charge in [0.2, 0.25) is 12.7 Å². The Balaban J connectivity index is 1.10. The molecule has 2 fully saturated rings. The van der Waals surface area contributed by atoms with Crippen LogP contribution in [-0.4, -0.2) is 56.9 Å². The summed E-state index contributed by atoms with van der Waals surface area (Å²) in [6.07, 6.45) is 1.85. The average molecular weight is 427 g/mol. The Morgan fingerprint density at radius 3 is 2.52 bits per heavy atom. The van der Waals surface area contributed by atoms with E-state index in [0.29, 0.717) is 38.7 Å². The van der Waals surface area contributed by atoms with Gasteiger partial charge in [-0.1, -0.05) is 12.1 Å². The van der Waals surface area contributed by atoms with Gasteiger partial charge in [0.15, 0.2) is 11.5 Å². The number of nitrogens with one attached hydrogen (secondary N) is 1. The molecule has 0 aromatic heterocycles. The molecule has 0 saturated carbocycles. The molecule has 31 heavy (non-hydrogen) atoms. The Hall–Kier alpha value is -2.80. The molecule has 3 aliphatic heterocycles. The summed E-state index contributed by atoms with van der Waals surface area (Å²) in [6.45, 7) is 5.93.